The van der Waals surface area contributed by atoms with Crippen molar-refractivity contribution in [3.05, 3.63) is 0 Å². The van der Waals surface area contributed by atoms with Gasteiger partial charge in [-0.1, -0.05) is 0 Å². The number of amides is 1. The maximum atomic E-state index is 10.0. The molecule has 4 heteroatoms. The number of hydrogen-bond donors (Lipinski definition) is 2. The molecule has 1 aliphatic carbocycles. The van der Waals surface area contributed by atoms with Crippen LogP contribution < -0.4 is 5.32 Å². The quantitative estimate of drug-likeness (QED) is 0.550. The number of carbonyl (C=O) groups excluding carboxylic acids is 1. The van der Waals surface area contributed by atoms with E-state index in [9.17, 15) is 9.59 Å². The smallest absolute Gasteiger partial charge is 0.404 e. The van der Waals surface area contributed by atoms with Crippen LogP contribution in [0.1, 0.15) is 6.42 Å². The predicted molar refractivity (Wildman–Crippen MR) is 33.7 cm³/mol. The second-order valence-corrected chi connectivity index (χ2v) is 2.48. The zero-order valence-corrected chi connectivity index (χ0v) is 5.41. The molecule has 0 saturated heterocycles. The molecule has 0 aromatic rings. The zero-order chi connectivity index (χ0) is 7.56. The third-order valence-electron chi connectivity index (χ3n) is 1.67. The van der Waals surface area contributed by atoms with Crippen molar-refractivity contribution in [3.63, 3.8) is 0 Å². The molecule has 1 saturated carbocycles. The first-order valence-corrected chi connectivity index (χ1v) is 3.16. The van der Waals surface area contributed by atoms with E-state index in [-0.39, 0.29) is 11.8 Å². The molecule has 0 aliphatic heterocycles. The number of nitrogens with one attached hydrogen (secondary N) is 1. The Bertz CT molecular complexity index is 157. The minimum absolute atomic E-state index is 0.104. The van der Waals surface area contributed by atoms with Crippen molar-refractivity contribution in [2.75, 3.05) is 6.54 Å². The number of carbonyl (C=O) groups is 2. The summed E-state index contributed by atoms with van der Waals surface area (Å²) >= 11 is 0. The number of hydrogen-bond acceptors (Lipinski definition) is 2. The van der Waals surface area contributed by atoms with Crippen molar-refractivity contribution < 1.29 is 14.7 Å². The molecule has 2 atom stereocenters. The number of aldehydes is 1. The molecule has 0 spiro atoms. The van der Waals surface area contributed by atoms with E-state index in [2.05, 4.69) is 5.32 Å². The van der Waals surface area contributed by atoms with Crippen molar-refractivity contribution in [2.45, 2.75) is 6.42 Å². The van der Waals surface area contributed by atoms with Crippen LogP contribution in [-0.4, -0.2) is 24.0 Å². The van der Waals surface area contributed by atoms with Gasteiger partial charge in [-0.3, -0.25) is 0 Å². The average Bonchev–Trinajstić information content (AvgIpc) is 2.61. The number of rotatable bonds is 3. The maximum Gasteiger partial charge on any atom is 0.404 e. The van der Waals surface area contributed by atoms with Crippen LogP contribution in [0.4, 0.5) is 4.79 Å². The standard InChI is InChI=1S/C6H9NO3/c8-3-5-1-4(5)2-7-6(9)10/h3-5,7H,1-2H2,(H,9,10)/t4-,5-/m0/s1. The van der Waals surface area contributed by atoms with Crippen LogP contribution in [-0.2, 0) is 4.79 Å². The second kappa shape index (κ2) is 2.68. The summed E-state index contributed by atoms with van der Waals surface area (Å²) in [6.45, 7) is 0.415. The maximum absolute atomic E-state index is 10.0. The molecule has 56 valence electrons. The third kappa shape index (κ3) is 1.72. The Kier molecular flexibility index (Phi) is 1.89. The van der Waals surface area contributed by atoms with Gasteiger partial charge in [0.1, 0.15) is 6.29 Å². The molecule has 10 heavy (non-hydrogen) atoms. The van der Waals surface area contributed by atoms with Gasteiger partial charge in [0.15, 0.2) is 0 Å². The molecule has 0 aromatic heterocycles. The SMILES string of the molecule is O=C[C@@H]1C[C@H]1CNC(=O)O. The molecule has 0 aromatic carbocycles. The summed E-state index contributed by atoms with van der Waals surface area (Å²) in [5.41, 5.74) is 0. The highest BCUT2D eigenvalue weighted by Crippen LogP contribution is 2.35. The van der Waals surface area contributed by atoms with E-state index in [1.54, 1.807) is 0 Å². The molecule has 1 amide bonds. The van der Waals surface area contributed by atoms with Crippen LogP contribution in [0.5, 0.6) is 0 Å². The van der Waals surface area contributed by atoms with Crippen LogP contribution >= 0.6 is 0 Å². The van der Waals surface area contributed by atoms with Gasteiger partial charge in [-0.25, -0.2) is 4.79 Å². The molecule has 0 bridgehead atoms. The highest BCUT2D eigenvalue weighted by atomic mass is 16.4. The Morgan fingerprint density at radius 2 is 2.50 bits per heavy atom. The van der Waals surface area contributed by atoms with Gasteiger partial charge in [0.05, 0.1) is 0 Å². The summed E-state index contributed by atoms with van der Waals surface area (Å²) in [5, 5.41) is 10.4. The van der Waals surface area contributed by atoms with Crippen LogP contribution in [0.25, 0.3) is 0 Å². The zero-order valence-electron chi connectivity index (χ0n) is 5.41. The molecule has 0 heterocycles. The van der Waals surface area contributed by atoms with Crippen molar-refractivity contribution in [1.82, 2.24) is 5.32 Å². The van der Waals surface area contributed by atoms with E-state index in [1.807, 2.05) is 0 Å². The lowest BCUT2D eigenvalue weighted by molar-refractivity contribution is -0.109. The Morgan fingerprint density at radius 1 is 1.80 bits per heavy atom. The van der Waals surface area contributed by atoms with Crippen molar-refractivity contribution in [2.24, 2.45) is 11.8 Å². The molecular weight excluding hydrogens is 134 g/mol. The first-order valence-electron chi connectivity index (χ1n) is 3.16. The summed E-state index contributed by atoms with van der Waals surface area (Å²) in [6.07, 6.45) is 0.703. The van der Waals surface area contributed by atoms with Crippen LogP contribution in [0.2, 0.25) is 0 Å². The van der Waals surface area contributed by atoms with Gasteiger partial charge < -0.3 is 15.2 Å². The fraction of sp³-hybridized carbons (Fsp3) is 0.667. The van der Waals surface area contributed by atoms with Crippen molar-refractivity contribution in [1.29, 1.82) is 0 Å². The highest BCUT2D eigenvalue weighted by molar-refractivity contribution is 5.65. The molecule has 0 unspecified atom stereocenters. The van der Waals surface area contributed by atoms with Crippen molar-refractivity contribution >= 4 is 12.4 Å². The van der Waals surface area contributed by atoms with Gasteiger partial charge in [0.25, 0.3) is 0 Å². The van der Waals surface area contributed by atoms with Gasteiger partial charge in [0.2, 0.25) is 0 Å². The van der Waals surface area contributed by atoms with Gasteiger partial charge in [-0.05, 0) is 12.3 Å². The van der Waals surface area contributed by atoms with Gasteiger partial charge in [-0.15, -0.1) is 0 Å². The Labute approximate surface area is 58.2 Å². The molecule has 1 aliphatic rings. The molecule has 0 radical (unpaired) electrons. The minimum Gasteiger partial charge on any atom is -0.465 e. The Morgan fingerprint density at radius 3 is 2.90 bits per heavy atom. The van der Waals surface area contributed by atoms with Gasteiger partial charge in [-0.2, -0.15) is 0 Å². The molecule has 1 rings (SSSR count). The lowest BCUT2D eigenvalue weighted by Crippen LogP contribution is -2.23. The molecule has 1 fully saturated rings. The van der Waals surface area contributed by atoms with Crippen LogP contribution in [0, 0.1) is 11.8 Å². The van der Waals surface area contributed by atoms with E-state index < -0.39 is 6.09 Å². The first kappa shape index (κ1) is 7.05. The lowest BCUT2D eigenvalue weighted by atomic mass is 10.3. The molecule has 4 nitrogen and oxygen atoms in total. The summed E-state index contributed by atoms with van der Waals surface area (Å²) in [4.78, 5) is 20.0. The van der Waals surface area contributed by atoms with E-state index in [4.69, 9.17) is 5.11 Å². The van der Waals surface area contributed by atoms with Crippen LogP contribution in [0.15, 0.2) is 0 Å². The fourth-order valence-electron chi connectivity index (χ4n) is 0.891. The lowest BCUT2D eigenvalue weighted by Gasteiger charge is -1.95. The topological polar surface area (TPSA) is 66.4 Å². The number of carboxylic acid groups (broad SMARTS) is 1. The van der Waals surface area contributed by atoms with Gasteiger partial charge >= 0.3 is 6.09 Å². The molecule has 2 N–H and O–H groups in total. The highest BCUT2D eigenvalue weighted by Gasteiger charge is 2.36. The summed E-state index contributed by atoms with van der Waals surface area (Å²) in [7, 11) is 0. The molecular formula is C6H9NO3. The Balaban J connectivity index is 2.07. The average molecular weight is 143 g/mol. The predicted octanol–water partition coefficient (Wildman–Crippen LogP) is 0.0890. The fourth-order valence-corrected chi connectivity index (χ4v) is 0.891. The summed E-state index contributed by atoms with van der Waals surface area (Å²) in [6, 6.07) is 0. The monoisotopic (exact) mass is 143 g/mol. The van der Waals surface area contributed by atoms with E-state index in [1.165, 1.54) is 0 Å². The third-order valence-corrected chi connectivity index (χ3v) is 1.67. The first-order chi connectivity index (χ1) is 4.74. The van der Waals surface area contributed by atoms with Crippen LogP contribution in [0.3, 0.4) is 0 Å². The normalized spacial score (nSPS) is 29.2. The minimum atomic E-state index is -1.02. The van der Waals surface area contributed by atoms with E-state index in [0.717, 1.165) is 12.7 Å². The summed E-state index contributed by atoms with van der Waals surface area (Å²) < 4.78 is 0. The summed E-state index contributed by atoms with van der Waals surface area (Å²) in [5.74, 6) is 0.362. The van der Waals surface area contributed by atoms with E-state index in [0.29, 0.717) is 6.54 Å². The Hall–Kier alpha value is -1.06. The van der Waals surface area contributed by atoms with Gasteiger partial charge in [0, 0.05) is 12.5 Å². The van der Waals surface area contributed by atoms with E-state index >= 15 is 0 Å². The second-order valence-electron chi connectivity index (χ2n) is 2.48. The largest absolute Gasteiger partial charge is 0.465 e. The van der Waals surface area contributed by atoms with Crippen molar-refractivity contribution in [3.8, 4) is 0 Å².